The van der Waals surface area contributed by atoms with Crippen molar-refractivity contribution in [3.8, 4) is 0 Å². The molecule has 1 aliphatic heterocycles. The van der Waals surface area contributed by atoms with Gasteiger partial charge < -0.3 is 5.32 Å². The van der Waals surface area contributed by atoms with Gasteiger partial charge in [0, 0.05) is 12.1 Å². The van der Waals surface area contributed by atoms with Crippen LogP contribution in [0.3, 0.4) is 0 Å². The number of sulfone groups is 1. The summed E-state index contributed by atoms with van der Waals surface area (Å²) in [7, 11) is -3.15. The summed E-state index contributed by atoms with van der Waals surface area (Å²) in [5.41, 5.74) is -0.986. The molecule has 114 valence electrons. The first-order valence-corrected chi connectivity index (χ1v) is 8.29. The van der Waals surface area contributed by atoms with Gasteiger partial charge in [-0.3, -0.25) is 14.9 Å². The van der Waals surface area contributed by atoms with Crippen LogP contribution in [0.25, 0.3) is 0 Å². The zero-order chi connectivity index (χ0) is 15.8. The summed E-state index contributed by atoms with van der Waals surface area (Å²) in [6.07, 6.45) is 0.325. The molecule has 21 heavy (non-hydrogen) atoms. The number of nitrogens with zero attached hydrogens (tertiary/aromatic N) is 1. The third kappa shape index (κ3) is 3.51. The highest BCUT2D eigenvalue weighted by Crippen LogP contribution is 2.26. The van der Waals surface area contributed by atoms with E-state index < -0.39 is 26.2 Å². The Kier molecular flexibility index (Phi) is 3.94. The molecule has 1 amide bonds. The lowest BCUT2D eigenvalue weighted by Gasteiger charge is -2.24. The Hall–Kier alpha value is -1.67. The van der Waals surface area contributed by atoms with Gasteiger partial charge in [0.15, 0.2) is 9.84 Å². The minimum Gasteiger partial charge on any atom is -0.346 e. The number of hydrogen-bond acceptors (Lipinski definition) is 5. The highest BCUT2D eigenvalue weighted by atomic mass is 35.5. The van der Waals surface area contributed by atoms with E-state index in [0.29, 0.717) is 6.42 Å². The number of nitrogens with one attached hydrogen (secondary N) is 1. The monoisotopic (exact) mass is 332 g/mol. The number of carbonyl (C=O) groups excluding carboxylic acids is 1. The number of rotatable bonds is 3. The molecule has 1 aliphatic rings. The maximum Gasteiger partial charge on any atom is 0.270 e. The zero-order valence-corrected chi connectivity index (χ0v) is 12.7. The van der Waals surface area contributed by atoms with Crippen molar-refractivity contribution in [3.05, 3.63) is 38.9 Å². The van der Waals surface area contributed by atoms with Gasteiger partial charge in [0.05, 0.1) is 32.6 Å². The van der Waals surface area contributed by atoms with Crippen molar-refractivity contribution in [1.82, 2.24) is 5.32 Å². The molecule has 1 aromatic carbocycles. The number of amides is 1. The molecule has 7 nitrogen and oxygen atoms in total. The van der Waals surface area contributed by atoms with E-state index in [0.717, 1.165) is 6.07 Å². The lowest BCUT2D eigenvalue weighted by atomic mass is 10.0. The normalized spacial score (nSPS) is 23.7. The fraction of sp³-hybridized carbons (Fsp3) is 0.417. The van der Waals surface area contributed by atoms with E-state index in [1.165, 1.54) is 12.1 Å². The van der Waals surface area contributed by atoms with Gasteiger partial charge in [-0.1, -0.05) is 11.6 Å². The number of halogens is 1. The van der Waals surface area contributed by atoms with Gasteiger partial charge >= 0.3 is 0 Å². The molecular weight excluding hydrogens is 320 g/mol. The minimum absolute atomic E-state index is 0.0256. The highest BCUT2D eigenvalue weighted by Gasteiger charge is 2.39. The van der Waals surface area contributed by atoms with Crippen LogP contribution in [0.5, 0.6) is 0 Å². The van der Waals surface area contributed by atoms with Gasteiger partial charge in [-0.25, -0.2) is 8.42 Å². The second kappa shape index (κ2) is 5.27. The van der Waals surface area contributed by atoms with Crippen molar-refractivity contribution >= 4 is 33.0 Å². The van der Waals surface area contributed by atoms with E-state index in [-0.39, 0.29) is 27.8 Å². The Labute approximate surface area is 126 Å². The number of benzene rings is 1. The zero-order valence-electron chi connectivity index (χ0n) is 11.1. The summed E-state index contributed by atoms with van der Waals surface area (Å²) in [5, 5.41) is 13.2. The standard InChI is InChI=1S/C12H13ClN2O5S/c1-12(4-5-21(19,20)7-12)14-11(16)9-3-2-8(15(17)18)6-10(9)13/h2-3,6H,4-5,7H2,1H3,(H,14,16). The van der Waals surface area contributed by atoms with Gasteiger partial charge in [0.25, 0.3) is 11.6 Å². The molecular formula is C12H13ClN2O5S. The molecule has 1 atom stereocenters. The van der Waals surface area contributed by atoms with Crippen molar-refractivity contribution in [2.75, 3.05) is 11.5 Å². The number of nitro groups is 1. The van der Waals surface area contributed by atoms with Crippen LogP contribution < -0.4 is 5.32 Å². The molecule has 0 aliphatic carbocycles. The van der Waals surface area contributed by atoms with Crippen LogP contribution in [-0.2, 0) is 9.84 Å². The SMILES string of the molecule is CC1(NC(=O)c2ccc([N+](=O)[O-])cc2Cl)CCS(=O)(=O)C1. The van der Waals surface area contributed by atoms with E-state index in [1.54, 1.807) is 6.92 Å². The van der Waals surface area contributed by atoms with E-state index in [4.69, 9.17) is 11.6 Å². The smallest absolute Gasteiger partial charge is 0.270 e. The lowest BCUT2D eigenvalue weighted by Crippen LogP contribution is -2.47. The van der Waals surface area contributed by atoms with Gasteiger partial charge in [0.1, 0.15) is 0 Å². The number of nitro benzene ring substituents is 1. The molecule has 0 bridgehead atoms. The van der Waals surface area contributed by atoms with Crippen LogP contribution in [0.2, 0.25) is 5.02 Å². The first-order chi connectivity index (χ1) is 9.62. The quantitative estimate of drug-likeness (QED) is 0.667. The number of carbonyl (C=O) groups is 1. The molecule has 0 saturated carbocycles. The maximum atomic E-state index is 12.2. The fourth-order valence-electron chi connectivity index (χ4n) is 2.25. The minimum atomic E-state index is -3.15. The van der Waals surface area contributed by atoms with Gasteiger partial charge in [-0.15, -0.1) is 0 Å². The molecule has 0 spiro atoms. The first-order valence-electron chi connectivity index (χ1n) is 6.09. The second-order valence-electron chi connectivity index (χ2n) is 5.28. The summed E-state index contributed by atoms with van der Waals surface area (Å²) in [6, 6.07) is 3.52. The van der Waals surface area contributed by atoms with Crippen molar-refractivity contribution < 1.29 is 18.1 Å². The molecule has 1 aromatic rings. The average Bonchev–Trinajstić information content (AvgIpc) is 2.62. The van der Waals surface area contributed by atoms with Gasteiger partial charge in [-0.05, 0) is 19.4 Å². The van der Waals surface area contributed by atoms with Gasteiger partial charge in [0.2, 0.25) is 0 Å². The Balaban J connectivity index is 2.20. The molecule has 1 heterocycles. The Morgan fingerprint density at radius 3 is 2.62 bits per heavy atom. The lowest BCUT2D eigenvalue weighted by molar-refractivity contribution is -0.384. The van der Waals surface area contributed by atoms with Crippen molar-refractivity contribution in [2.24, 2.45) is 0 Å². The van der Waals surface area contributed by atoms with E-state index in [2.05, 4.69) is 5.32 Å². The van der Waals surface area contributed by atoms with Crippen LogP contribution in [-0.4, -0.2) is 36.3 Å². The molecule has 1 unspecified atom stereocenters. The third-order valence-electron chi connectivity index (χ3n) is 3.33. The highest BCUT2D eigenvalue weighted by molar-refractivity contribution is 7.91. The topological polar surface area (TPSA) is 106 Å². The fourth-order valence-corrected chi connectivity index (χ4v) is 4.61. The van der Waals surface area contributed by atoms with E-state index >= 15 is 0 Å². The summed E-state index contributed by atoms with van der Waals surface area (Å²) in [4.78, 5) is 22.2. The Morgan fingerprint density at radius 2 is 2.14 bits per heavy atom. The maximum absolute atomic E-state index is 12.2. The molecule has 1 saturated heterocycles. The van der Waals surface area contributed by atoms with Crippen molar-refractivity contribution in [1.29, 1.82) is 0 Å². The predicted octanol–water partition coefficient (Wildman–Crippen LogP) is 1.56. The molecule has 0 aromatic heterocycles. The summed E-state index contributed by atoms with van der Waals surface area (Å²) in [6.45, 7) is 1.65. The van der Waals surface area contributed by atoms with Crippen LogP contribution in [0.15, 0.2) is 18.2 Å². The largest absolute Gasteiger partial charge is 0.346 e. The molecule has 0 radical (unpaired) electrons. The Morgan fingerprint density at radius 1 is 1.48 bits per heavy atom. The first kappa shape index (κ1) is 15.7. The van der Waals surface area contributed by atoms with E-state index in [9.17, 15) is 23.3 Å². The van der Waals surface area contributed by atoms with Crippen LogP contribution in [0, 0.1) is 10.1 Å². The van der Waals surface area contributed by atoms with Crippen LogP contribution in [0.4, 0.5) is 5.69 Å². The number of non-ortho nitro benzene ring substituents is 1. The predicted molar refractivity (Wildman–Crippen MR) is 77.2 cm³/mol. The van der Waals surface area contributed by atoms with Crippen LogP contribution >= 0.6 is 11.6 Å². The number of hydrogen-bond donors (Lipinski definition) is 1. The van der Waals surface area contributed by atoms with Gasteiger partial charge in [-0.2, -0.15) is 0 Å². The molecule has 1 N–H and O–H groups in total. The average molecular weight is 333 g/mol. The summed E-state index contributed by atoms with van der Waals surface area (Å²) in [5.74, 6) is -0.650. The van der Waals surface area contributed by atoms with Crippen molar-refractivity contribution in [3.63, 3.8) is 0 Å². The molecule has 9 heteroatoms. The second-order valence-corrected chi connectivity index (χ2v) is 7.87. The summed E-state index contributed by atoms with van der Waals surface area (Å²) >= 11 is 5.87. The third-order valence-corrected chi connectivity index (χ3v) is 5.54. The summed E-state index contributed by atoms with van der Waals surface area (Å²) < 4.78 is 23.0. The van der Waals surface area contributed by atoms with Crippen molar-refractivity contribution in [2.45, 2.75) is 18.9 Å². The molecule has 2 rings (SSSR count). The van der Waals surface area contributed by atoms with E-state index in [1.807, 2.05) is 0 Å². The van der Waals surface area contributed by atoms with Crippen LogP contribution in [0.1, 0.15) is 23.7 Å². The Bertz CT molecular complexity index is 718. The molecule has 1 fully saturated rings.